The van der Waals surface area contributed by atoms with Crippen LogP contribution in [0.5, 0.6) is 0 Å². The molecular weight excluding hydrogens is 624 g/mol. The minimum atomic E-state index is -1.23. The van der Waals surface area contributed by atoms with Gasteiger partial charge in [0.05, 0.1) is 12.1 Å². The molecule has 0 aliphatic carbocycles. The quantitative estimate of drug-likeness (QED) is 0.0593. The lowest BCUT2D eigenvalue weighted by molar-refractivity contribution is -0.142. The van der Waals surface area contributed by atoms with Gasteiger partial charge in [-0.25, -0.2) is 9.79 Å². The molecule has 246 valence electrons. The average Bonchev–Trinajstić information content (AvgIpc) is 3.02. The van der Waals surface area contributed by atoms with E-state index in [2.05, 4.69) is 26.3 Å². The molecule has 0 bridgehead atoms. The number of nitrogens with zero attached hydrogens (tertiary/aromatic N) is 2. The number of carboxylic acids is 2. The third kappa shape index (κ3) is 12.8. The molecule has 0 heterocycles. The maximum Gasteiger partial charge on any atom is 0.326 e. The normalized spacial score (nSPS) is 12.4. The number of guanidine groups is 1. The van der Waals surface area contributed by atoms with Gasteiger partial charge in [-0.1, -0.05) is 61.8 Å². The van der Waals surface area contributed by atoms with Crippen LogP contribution in [0.4, 0.5) is 11.4 Å². The van der Waals surface area contributed by atoms with Crippen molar-refractivity contribution in [2.24, 2.45) is 10.9 Å². The van der Waals surface area contributed by atoms with Crippen LogP contribution < -0.4 is 21.3 Å². The van der Waals surface area contributed by atoms with Crippen molar-refractivity contribution in [1.29, 1.82) is 5.26 Å². The summed E-state index contributed by atoms with van der Waals surface area (Å²) in [6.07, 6.45) is 2.45. The molecule has 6 N–H and O–H groups in total. The number of benzene rings is 3. The molecule has 2 amide bonds. The number of rotatable bonds is 15. The molecule has 2 atom stereocenters. The fourth-order valence-corrected chi connectivity index (χ4v) is 4.69. The first-order chi connectivity index (χ1) is 22.4. The summed E-state index contributed by atoms with van der Waals surface area (Å²) >= 11 is 5.92. The molecule has 0 saturated heterocycles. The number of nitrogens with one attached hydrogen (secondary N) is 4. The fourth-order valence-electron chi connectivity index (χ4n) is 4.56. The second kappa shape index (κ2) is 17.9. The molecule has 12 nitrogen and oxygen atoms in total. The van der Waals surface area contributed by atoms with E-state index in [4.69, 9.17) is 22.0 Å². The number of carbonyl (C=O) groups excluding carboxylic acids is 2. The Balaban J connectivity index is 1.62. The second-order valence-electron chi connectivity index (χ2n) is 11.2. The standard InChI is InChI=1S/C34H37ClN6O6/c1-21(2)17-28(32(45)41-29(33(46)47)18-23-5-3-22(4-6-23)9-16-31(43)44)40-30(42)19-24-7-12-26(13-8-24)38-34(37-20-36)39-27-14-10-25(35)11-15-27/h3-8,10-15,21,28-29H,9,16-19H2,1-2H3,(H,40,42)(H,41,45)(H,43,44)(H,46,47)(H2,37,38,39). The van der Waals surface area contributed by atoms with Gasteiger partial charge in [0.25, 0.3) is 0 Å². The van der Waals surface area contributed by atoms with Gasteiger partial charge in [0.2, 0.25) is 17.8 Å². The van der Waals surface area contributed by atoms with Crippen molar-refractivity contribution in [3.63, 3.8) is 0 Å². The molecule has 0 aliphatic rings. The Morgan fingerprint density at radius 2 is 1.47 bits per heavy atom. The predicted molar refractivity (Wildman–Crippen MR) is 178 cm³/mol. The lowest BCUT2D eigenvalue weighted by atomic mass is 10.00. The number of carbonyl (C=O) groups is 4. The summed E-state index contributed by atoms with van der Waals surface area (Å²) in [5, 5.41) is 39.1. The molecule has 2 unspecified atom stereocenters. The summed E-state index contributed by atoms with van der Waals surface area (Å²) in [6, 6.07) is 18.3. The Kier molecular flexibility index (Phi) is 13.7. The van der Waals surface area contributed by atoms with E-state index >= 15 is 0 Å². The number of amides is 2. The summed E-state index contributed by atoms with van der Waals surface area (Å²) in [5.41, 5.74) is 3.30. The third-order valence-electron chi connectivity index (χ3n) is 6.89. The van der Waals surface area contributed by atoms with Crippen LogP contribution in [-0.4, -0.2) is 52.0 Å². The lowest BCUT2D eigenvalue weighted by Gasteiger charge is -2.23. The number of aryl methyl sites for hydroxylation is 1. The largest absolute Gasteiger partial charge is 0.481 e. The Morgan fingerprint density at radius 3 is 2.04 bits per heavy atom. The zero-order valence-corrected chi connectivity index (χ0v) is 26.8. The molecule has 13 heteroatoms. The summed E-state index contributed by atoms with van der Waals surface area (Å²) in [7, 11) is 0. The van der Waals surface area contributed by atoms with Gasteiger partial charge in [0.1, 0.15) is 12.1 Å². The van der Waals surface area contributed by atoms with Gasteiger partial charge in [-0.05, 0) is 71.8 Å². The molecule has 0 aliphatic heterocycles. The summed E-state index contributed by atoms with van der Waals surface area (Å²) in [6.45, 7) is 3.78. The molecular formula is C34H37ClN6O6. The molecule has 0 aromatic heterocycles. The molecule has 0 fully saturated rings. The number of carboxylic acid groups (broad SMARTS) is 2. The zero-order chi connectivity index (χ0) is 34.3. The van der Waals surface area contributed by atoms with Gasteiger partial charge >= 0.3 is 11.9 Å². The predicted octanol–water partition coefficient (Wildman–Crippen LogP) is 4.41. The Labute approximate surface area is 277 Å². The van der Waals surface area contributed by atoms with Gasteiger partial charge in [-0.3, -0.25) is 19.7 Å². The van der Waals surface area contributed by atoms with Crippen molar-refractivity contribution in [2.45, 2.75) is 58.0 Å². The highest BCUT2D eigenvalue weighted by molar-refractivity contribution is 6.30. The lowest BCUT2D eigenvalue weighted by Crippen LogP contribution is -2.52. The fraction of sp³-hybridized carbons (Fsp3) is 0.294. The van der Waals surface area contributed by atoms with Gasteiger partial charge in [-0.2, -0.15) is 5.26 Å². The molecule has 0 saturated carbocycles. The smallest absolute Gasteiger partial charge is 0.326 e. The van der Waals surface area contributed by atoms with Crippen LogP contribution in [0, 0.1) is 17.4 Å². The SMILES string of the molecule is CC(C)CC(NC(=O)Cc1ccc(N=C(NC#N)Nc2ccc(Cl)cc2)cc1)C(=O)NC(Cc1ccc(CCC(=O)O)cc1)C(=O)O. The van der Waals surface area contributed by atoms with E-state index in [0.717, 1.165) is 5.56 Å². The minimum absolute atomic E-state index is 0.0122. The van der Waals surface area contributed by atoms with Crippen molar-refractivity contribution >= 4 is 52.7 Å². The van der Waals surface area contributed by atoms with Crippen molar-refractivity contribution in [1.82, 2.24) is 16.0 Å². The van der Waals surface area contributed by atoms with Crippen molar-refractivity contribution in [3.05, 3.63) is 94.5 Å². The molecule has 47 heavy (non-hydrogen) atoms. The number of hydrogen-bond donors (Lipinski definition) is 6. The topological polar surface area (TPSA) is 193 Å². The van der Waals surface area contributed by atoms with Crippen LogP contribution >= 0.6 is 11.6 Å². The summed E-state index contributed by atoms with van der Waals surface area (Å²) in [5.74, 6) is -2.92. The van der Waals surface area contributed by atoms with Gasteiger partial charge in [-0.15, -0.1) is 0 Å². The number of aliphatic carboxylic acids is 2. The van der Waals surface area contributed by atoms with Crippen molar-refractivity contribution in [2.75, 3.05) is 5.32 Å². The Bertz CT molecular complexity index is 1600. The van der Waals surface area contributed by atoms with E-state index in [-0.39, 0.29) is 31.1 Å². The van der Waals surface area contributed by atoms with Crippen LogP contribution in [-0.2, 0) is 38.4 Å². The van der Waals surface area contributed by atoms with E-state index in [0.29, 0.717) is 40.4 Å². The molecule has 3 aromatic carbocycles. The van der Waals surface area contributed by atoms with Crippen LogP contribution in [0.1, 0.15) is 43.4 Å². The Hall–Kier alpha value is -5.41. The summed E-state index contributed by atoms with van der Waals surface area (Å²) < 4.78 is 0. The van der Waals surface area contributed by atoms with Gasteiger partial charge in [0, 0.05) is 23.6 Å². The monoisotopic (exact) mass is 660 g/mol. The van der Waals surface area contributed by atoms with Crippen LogP contribution in [0.2, 0.25) is 5.02 Å². The van der Waals surface area contributed by atoms with E-state index in [1.807, 2.05) is 20.0 Å². The highest BCUT2D eigenvalue weighted by Gasteiger charge is 2.27. The molecule has 0 spiro atoms. The zero-order valence-electron chi connectivity index (χ0n) is 26.0. The first-order valence-corrected chi connectivity index (χ1v) is 15.3. The van der Waals surface area contributed by atoms with E-state index in [9.17, 15) is 24.3 Å². The number of halogens is 1. The number of hydrogen-bond acceptors (Lipinski definition) is 6. The maximum atomic E-state index is 13.2. The highest BCUT2D eigenvalue weighted by Crippen LogP contribution is 2.17. The van der Waals surface area contributed by atoms with Gasteiger partial charge < -0.3 is 26.2 Å². The van der Waals surface area contributed by atoms with Crippen molar-refractivity contribution < 1.29 is 29.4 Å². The van der Waals surface area contributed by atoms with E-state index < -0.39 is 35.8 Å². The number of aliphatic imine (C=N–C) groups is 1. The van der Waals surface area contributed by atoms with Crippen LogP contribution in [0.15, 0.2) is 77.8 Å². The first-order valence-electron chi connectivity index (χ1n) is 14.9. The van der Waals surface area contributed by atoms with Crippen LogP contribution in [0.3, 0.4) is 0 Å². The maximum absolute atomic E-state index is 13.2. The van der Waals surface area contributed by atoms with E-state index in [1.54, 1.807) is 72.8 Å². The van der Waals surface area contributed by atoms with E-state index in [1.165, 1.54) is 0 Å². The molecule has 3 rings (SSSR count). The summed E-state index contributed by atoms with van der Waals surface area (Å²) in [4.78, 5) is 53.4. The number of nitriles is 1. The van der Waals surface area contributed by atoms with Gasteiger partial charge in [0.15, 0.2) is 6.19 Å². The minimum Gasteiger partial charge on any atom is -0.481 e. The van der Waals surface area contributed by atoms with Crippen LogP contribution in [0.25, 0.3) is 0 Å². The average molecular weight is 661 g/mol. The third-order valence-corrected chi connectivity index (χ3v) is 7.14. The van der Waals surface area contributed by atoms with Crippen molar-refractivity contribution in [3.8, 4) is 6.19 Å². The highest BCUT2D eigenvalue weighted by atomic mass is 35.5. The number of anilines is 1. The molecule has 3 aromatic rings. The second-order valence-corrected chi connectivity index (χ2v) is 11.7. The Morgan fingerprint density at radius 1 is 0.851 bits per heavy atom. The molecule has 0 radical (unpaired) electrons. The first kappa shape index (κ1) is 36.1.